The van der Waals surface area contributed by atoms with E-state index in [0.29, 0.717) is 11.3 Å². The normalized spacial score (nSPS) is 13.0. The molecule has 0 fully saturated rings. The average Bonchev–Trinajstić information content (AvgIpc) is 2.40. The number of nitrogens with zero attached hydrogens (tertiary/aromatic N) is 1. The Balaban J connectivity index is 2.20. The second-order valence-corrected chi connectivity index (χ2v) is 4.62. The molecule has 1 unspecified atom stereocenters. The van der Waals surface area contributed by atoms with Crippen LogP contribution >= 0.6 is 0 Å². The molecule has 0 saturated carbocycles. The highest BCUT2D eigenvalue weighted by molar-refractivity contribution is 5.43. The predicted molar refractivity (Wildman–Crippen MR) is 72.5 cm³/mol. The first-order valence-electron chi connectivity index (χ1n) is 6.25. The highest BCUT2D eigenvalue weighted by Crippen LogP contribution is 2.31. The van der Waals surface area contributed by atoms with Gasteiger partial charge < -0.3 is 5.32 Å². The summed E-state index contributed by atoms with van der Waals surface area (Å²) in [5.74, 6) is 0. The number of pyridine rings is 1. The minimum absolute atomic E-state index is 0.578. The molecule has 0 aliphatic rings. The van der Waals surface area contributed by atoms with Gasteiger partial charge in [0.05, 0.1) is 24.3 Å². The fourth-order valence-corrected chi connectivity index (χ4v) is 1.92. The summed E-state index contributed by atoms with van der Waals surface area (Å²) in [7, 11) is 0. The number of aromatic nitrogens is 1. The maximum Gasteiger partial charge on any atom is 0.391 e. The summed E-state index contributed by atoms with van der Waals surface area (Å²) >= 11 is 0. The molecule has 0 amide bonds. The Morgan fingerprint density at radius 3 is 2.35 bits per heavy atom. The van der Waals surface area contributed by atoms with Crippen LogP contribution in [0.1, 0.15) is 23.7 Å². The Labute approximate surface area is 115 Å². The van der Waals surface area contributed by atoms with Crippen LogP contribution in [-0.2, 0) is 0 Å². The number of alkyl halides is 3. The molecule has 0 radical (unpaired) electrons. The predicted octanol–water partition coefficient (Wildman–Crippen LogP) is 4.50. The van der Waals surface area contributed by atoms with Gasteiger partial charge in [-0.3, -0.25) is 4.98 Å². The van der Waals surface area contributed by atoms with Crippen LogP contribution in [-0.4, -0.2) is 11.2 Å². The van der Waals surface area contributed by atoms with E-state index in [4.69, 9.17) is 0 Å². The molecular formula is C15H15F3N2. The van der Waals surface area contributed by atoms with Gasteiger partial charge in [0, 0.05) is 5.69 Å². The molecule has 2 aromatic rings. The summed E-state index contributed by atoms with van der Waals surface area (Å²) in [4.78, 5) is 4.08. The van der Waals surface area contributed by atoms with Crippen LogP contribution in [0.25, 0.3) is 0 Å². The minimum Gasteiger partial charge on any atom is -0.377 e. The smallest absolute Gasteiger partial charge is 0.377 e. The van der Waals surface area contributed by atoms with E-state index in [0.717, 1.165) is 5.69 Å². The van der Waals surface area contributed by atoms with Crippen LogP contribution in [0.5, 0.6) is 0 Å². The highest BCUT2D eigenvalue weighted by atomic mass is 19.4. The summed E-state index contributed by atoms with van der Waals surface area (Å²) in [6, 6.07) is 11.3. The molecule has 2 nitrogen and oxygen atoms in total. The van der Waals surface area contributed by atoms with Gasteiger partial charge in [0.15, 0.2) is 0 Å². The van der Waals surface area contributed by atoms with Crippen molar-refractivity contribution >= 4 is 5.69 Å². The van der Waals surface area contributed by atoms with Crippen molar-refractivity contribution in [2.24, 2.45) is 0 Å². The van der Waals surface area contributed by atoms with Gasteiger partial charge in [0.25, 0.3) is 0 Å². The van der Waals surface area contributed by atoms with E-state index in [1.165, 1.54) is 0 Å². The first-order chi connectivity index (χ1) is 9.44. The monoisotopic (exact) mass is 280 g/mol. The first kappa shape index (κ1) is 14.4. The Bertz CT molecular complexity index is 535. The van der Waals surface area contributed by atoms with Crippen molar-refractivity contribution in [2.45, 2.75) is 25.6 Å². The summed E-state index contributed by atoms with van der Waals surface area (Å²) in [6.07, 6.45) is -3.61. The molecule has 0 bridgehead atoms. The van der Waals surface area contributed by atoms with Gasteiger partial charge in [-0.1, -0.05) is 30.3 Å². The van der Waals surface area contributed by atoms with Crippen molar-refractivity contribution in [1.82, 2.24) is 4.98 Å². The second kappa shape index (κ2) is 5.94. The Hall–Kier alpha value is -2.04. The van der Waals surface area contributed by atoms with Crippen LogP contribution in [0.2, 0.25) is 0 Å². The molecule has 106 valence electrons. The molecule has 0 aliphatic carbocycles. The number of halogens is 3. The molecule has 1 N–H and O–H groups in total. The highest BCUT2D eigenvalue weighted by Gasteiger charge is 2.32. The third kappa shape index (κ3) is 4.26. The van der Waals surface area contributed by atoms with E-state index in [2.05, 4.69) is 10.3 Å². The van der Waals surface area contributed by atoms with Gasteiger partial charge in [-0.05, 0) is 24.6 Å². The molecule has 1 heterocycles. The topological polar surface area (TPSA) is 24.9 Å². The number of hydrogen-bond donors (Lipinski definition) is 1. The van der Waals surface area contributed by atoms with E-state index in [-0.39, 0.29) is 0 Å². The van der Waals surface area contributed by atoms with Gasteiger partial charge in [-0.15, -0.1) is 0 Å². The Morgan fingerprint density at radius 2 is 1.80 bits per heavy atom. The molecule has 5 heteroatoms. The number of anilines is 1. The lowest BCUT2D eigenvalue weighted by Gasteiger charge is -2.21. The maximum absolute atomic E-state index is 12.7. The van der Waals surface area contributed by atoms with Gasteiger partial charge in [0.2, 0.25) is 0 Å². The van der Waals surface area contributed by atoms with Gasteiger partial charge in [-0.25, -0.2) is 0 Å². The molecule has 2 rings (SSSR count). The SMILES string of the molecule is Cc1ccc(NC(CC(F)(F)F)c2ccccc2)cn1. The van der Waals surface area contributed by atoms with E-state index in [9.17, 15) is 13.2 Å². The lowest BCUT2D eigenvalue weighted by molar-refractivity contribution is -0.137. The third-order valence-corrected chi connectivity index (χ3v) is 2.89. The van der Waals surface area contributed by atoms with Crippen molar-refractivity contribution in [2.75, 3.05) is 5.32 Å². The van der Waals surface area contributed by atoms with Crippen LogP contribution in [0.4, 0.5) is 18.9 Å². The number of nitrogens with one attached hydrogen (secondary N) is 1. The number of rotatable bonds is 4. The fraction of sp³-hybridized carbons (Fsp3) is 0.267. The summed E-state index contributed by atoms with van der Waals surface area (Å²) < 4.78 is 38.1. The standard InChI is InChI=1S/C15H15F3N2/c1-11-7-8-13(10-19-11)20-14(9-15(16,17)18)12-5-3-2-4-6-12/h2-8,10,14,20H,9H2,1H3. The van der Waals surface area contributed by atoms with Crippen molar-refractivity contribution in [3.8, 4) is 0 Å². The quantitative estimate of drug-likeness (QED) is 0.892. The molecule has 0 saturated heterocycles. The molecule has 0 aliphatic heterocycles. The summed E-state index contributed by atoms with van der Waals surface area (Å²) in [6.45, 7) is 1.83. The fourth-order valence-electron chi connectivity index (χ4n) is 1.92. The summed E-state index contributed by atoms with van der Waals surface area (Å²) in [5, 5.41) is 2.90. The first-order valence-corrected chi connectivity index (χ1v) is 6.25. The molecule has 1 aromatic heterocycles. The lowest BCUT2D eigenvalue weighted by atomic mass is 10.0. The van der Waals surface area contributed by atoms with Crippen molar-refractivity contribution in [3.05, 3.63) is 59.9 Å². The molecular weight excluding hydrogens is 265 g/mol. The Kier molecular flexibility index (Phi) is 4.27. The van der Waals surface area contributed by atoms with E-state index >= 15 is 0 Å². The minimum atomic E-state index is -4.23. The summed E-state index contributed by atoms with van der Waals surface area (Å²) in [5.41, 5.74) is 2.00. The van der Waals surface area contributed by atoms with E-state index in [1.807, 2.05) is 6.92 Å². The van der Waals surface area contributed by atoms with Crippen LogP contribution in [0, 0.1) is 6.92 Å². The zero-order chi connectivity index (χ0) is 14.6. The number of hydrogen-bond acceptors (Lipinski definition) is 2. The average molecular weight is 280 g/mol. The van der Waals surface area contributed by atoms with Crippen molar-refractivity contribution in [3.63, 3.8) is 0 Å². The van der Waals surface area contributed by atoms with Gasteiger partial charge in [-0.2, -0.15) is 13.2 Å². The Morgan fingerprint density at radius 1 is 1.10 bits per heavy atom. The number of benzene rings is 1. The van der Waals surface area contributed by atoms with Crippen molar-refractivity contribution < 1.29 is 13.2 Å². The zero-order valence-electron chi connectivity index (χ0n) is 11.0. The lowest BCUT2D eigenvalue weighted by Crippen LogP contribution is -2.20. The van der Waals surface area contributed by atoms with Gasteiger partial charge in [0.1, 0.15) is 0 Å². The molecule has 1 aromatic carbocycles. The second-order valence-electron chi connectivity index (χ2n) is 4.62. The van der Waals surface area contributed by atoms with Crippen molar-refractivity contribution in [1.29, 1.82) is 0 Å². The third-order valence-electron chi connectivity index (χ3n) is 2.89. The zero-order valence-corrected chi connectivity index (χ0v) is 11.0. The number of aryl methyl sites for hydroxylation is 1. The van der Waals surface area contributed by atoms with E-state index in [1.54, 1.807) is 48.7 Å². The van der Waals surface area contributed by atoms with Crippen LogP contribution in [0.15, 0.2) is 48.7 Å². The molecule has 1 atom stereocenters. The molecule has 0 spiro atoms. The van der Waals surface area contributed by atoms with Crippen LogP contribution in [0.3, 0.4) is 0 Å². The maximum atomic E-state index is 12.7. The van der Waals surface area contributed by atoms with Gasteiger partial charge >= 0.3 is 6.18 Å². The van der Waals surface area contributed by atoms with E-state index < -0.39 is 18.6 Å². The largest absolute Gasteiger partial charge is 0.391 e. The molecule has 20 heavy (non-hydrogen) atoms. The van der Waals surface area contributed by atoms with Crippen LogP contribution < -0.4 is 5.32 Å².